The summed E-state index contributed by atoms with van der Waals surface area (Å²) in [6.07, 6.45) is 0.287. The maximum Gasteiger partial charge on any atom is 0.490 e. The molecule has 1 aliphatic rings. The average Bonchev–Trinajstić information content (AvgIpc) is 3.28. The van der Waals surface area contributed by atoms with Gasteiger partial charge in [0.1, 0.15) is 12.4 Å². The fraction of sp³-hybridized carbons (Fsp3) is 0.364. The van der Waals surface area contributed by atoms with Crippen molar-refractivity contribution in [1.29, 1.82) is 0 Å². The number of carbonyl (C=O) groups is 3. The monoisotopic (exact) mass is 756 g/mol. The number of rotatable bonds is 17. The number of amides is 2. The first kappa shape index (κ1) is 40.7. The van der Waals surface area contributed by atoms with Crippen LogP contribution in [0.4, 0.5) is 24.5 Å². The normalized spacial score (nSPS) is 13.0. The summed E-state index contributed by atoms with van der Waals surface area (Å²) in [7, 11) is -6.70. The number of anilines is 2. The highest BCUT2D eigenvalue weighted by Crippen LogP contribution is 2.23. The zero-order valence-corrected chi connectivity index (χ0v) is 29.5. The Balaban J connectivity index is 0.000000908. The van der Waals surface area contributed by atoms with Crippen molar-refractivity contribution in [2.24, 2.45) is 0 Å². The molecule has 18 heteroatoms. The van der Waals surface area contributed by atoms with Gasteiger partial charge >= 0.3 is 12.1 Å². The number of carboxylic acid groups (broad SMARTS) is 1. The van der Waals surface area contributed by atoms with E-state index >= 15 is 0 Å². The van der Waals surface area contributed by atoms with Crippen LogP contribution in [0.2, 0.25) is 0 Å². The largest absolute Gasteiger partial charge is 0.492 e. The van der Waals surface area contributed by atoms with E-state index in [2.05, 4.69) is 14.3 Å². The number of nitrogens with zero attached hydrogens (tertiary/aromatic N) is 2. The number of imide groups is 1. The minimum Gasteiger partial charge on any atom is -0.492 e. The standard InChI is InChI=1S/C31H38N4O7S2.C2HF3O2/c1-43(38,39)32-25-12-10-24(11-13-25)18-21-34(22-23-42-27-16-14-26(15-17-27)33-44(2,40)41)19-6-3-7-20-35-30(36)28-8-4-5-9-29(28)31(35)37;3-2(4,5)1(6)7/h4-5,8-17,32-33H,3,6-7,18-23H2,1-2H3;(H,6,7). The summed E-state index contributed by atoms with van der Waals surface area (Å²) in [5.41, 5.74) is 2.96. The van der Waals surface area contributed by atoms with Gasteiger partial charge in [-0.1, -0.05) is 30.7 Å². The zero-order chi connectivity index (χ0) is 37.8. The Bertz CT molecular complexity index is 1840. The summed E-state index contributed by atoms with van der Waals surface area (Å²) < 4.78 is 88.4. The zero-order valence-electron chi connectivity index (χ0n) is 27.9. The predicted octanol–water partition coefficient (Wildman–Crippen LogP) is 4.45. The van der Waals surface area contributed by atoms with Gasteiger partial charge in [-0.15, -0.1) is 0 Å². The summed E-state index contributed by atoms with van der Waals surface area (Å²) in [5.74, 6) is -2.60. The molecule has 0 aliphatic carbocycles. The minimum atomic E-state index is -5.08. The summed E-state index contributed by atoms with van der Waals surface area (Å²) >= 11 is 0. The summed E-state index contributed by atoms with van der Waals surface area (Å²) in [4.78, 5) is 37.8. The second kappa shape index (κ2) is 18.0. The van der Waals surface area contributed by atoms with Crippen LogP contribution in [0.3, 0.4) is 0 Å². The van der Waals surface area contributed by atoms with Crippen molar-refractivity contribution in [2.45, 2.75) is 31.9 Å². The van der Waals surface area contributed by atoms with Gasteiger partial charge in [0.25, 0.3) is 11.8 Å². The first-order chi connectivity index (χ1) is 23.8. The summed E-state index contributed by atoms with van der Waals surface area (Å²) in [6.45, 7) is 2.99. The minimum absolute atomic E-state index is 0.234. The molecule has 1 aliphatic heterocycles. The number of aliphatic carboxylic acids is 1. The Morgan fingerprint density at radius 2 is 1.25 bits per heavy atom. The van der Waals surface area contributed by atoms with Crippen LogP contribution >= 0.6 is 0 Å². The second-order valence-corrected chi connectivity index (χ2v) is 15.1. The van der Waals surface area contributed by atoms with Crippen molar-refractivity contribution in [1.82, 2.24) is 9.80 Å². The SMILES string of the molecule is CS(=O)(=O)Nc1ccc(CCN(CCCCCN2C(=O)c3ccccc3C2=O)CCOc2ccc(NS(C)(=O)=O)cc2)cc1.O=C(O)C(F)(F)F. The van der Waals surface area contributed by atoms with Crippen molar-refractivity contribution >= 4 is 49.2 Å². The third-order valence-electron chi connectivity index (χ3n) is 7.28. The van der Waals surface area contributed by atoms with Gasteiger partial charge in [-0.25, -0.2) is 21.6 Å². The molecule has 3 aromatic rings. The van der Waals surface area contributed by atoms with E-state index in [-0.39, 0.29) is 11.8 Å². The summed E-state index contributed by atoms with van der Waals surface area (Å²) in [6, 6.07) is 20.9. The molecule has 0 radical (unpaired) electrons. The highest BCUT2D eigenvalue weighted by Gasteiger charge is 2.38. The van der Waals surface area contributed by atoms with Crippen LogP contribution in [0.1, 0.15) is 45.5 Å². The number of carboxylic acids is 1. The predicted molar refractivity (Wildman–Crippen MR) is 185 cm³/mol. The molecule has 51 heavy (non-hydrogen) atoms. The first-order valence-corrected chi connectivity index (χ1v) is 19.4. The number of alkyl halides is 3. The van der Waals surface area contributed by atoms with Crippen molar-refractivity contribution in [3.05, 3.63) is 89.5 Å². The third kappa shape index (κ3) is 14.2. The topological polar surface area (TPSA) is 179 Å². The Kier molecular flexibility index (Phi) is 14.4. The molecule has 4 rings (SSSR count). The average molecular weight is 757 g/mol. The number of halogens is 3. The number of fused-ring (bicyclic) bond motifs is 1. The van der Waals surface area contributed by atoms with E-state index in [0.717, 1.165) is 50.4 Å². The van der Waals surface area contributed by atoms with E-state index in [9.17, 15) is 39.6 Å². The van der Waals surface area contributed by atoms with Gasteiger partial charge in [-0.2, -0.15) is 13.2 Å². The molecule has 0 spiro atoms. The van der Waals surface area contributed by atoms with Crippen LogP contribution in [0, 0.1) is 0 Å². The van der Waals surface area contributed by atoms with Crippen LogP contribution in [-0.4, -0.2) is 101 Å². The van der Waals surface area contributed by atoms with E-state index in [4.69, 9.17) is 14.6 Å². The van der Waals surface area contributed by atoms with Gasteiger partial charge in [0.15, 0.2) is 0 Å². The van der Waals surface area contributed by atoms with Crippen LogP contribution in [0.5, 0.6) is 5.75 Å². The molecule has 0 aromatic heterocycles. The van der Waals surface area contributed by atoms with Crippen molar-refractivity contribution < 1.29 is 54.2 Å². The molecule has 278 valence electrons. The van der Waals surface area contributed by atoms with E-state index in [1.807, 2.05) is 12.1 Å². The first-order valence-electron chi connectivity index (χ1n) is 15.6. The van der Waals surface area contributed by atoms with E-state index < -0.39 is 32.2 Å². The lowest BCUT2D eigenvalue weighted by molar-refractivity contribution is -0.192. The molecule has 0 saturated carbocycles. The molecule has 0 fully saturated rings. The molecule has 1 heterocycles. The number of hydrogen-bond donors (Lipinski definition) is 3. The molecule has 2 amide bonds. The van der Waals surface area contributed by atoms with Gasteiger partial charge in [0.05, 0.1) is 23.6 Å². The van der Waals surface area contributed by atoms with Gasteiger partial charge in [-0.05, 0) is 79.9 Å². The number of hydrogen-bond acceptors (Lipinski definition) is 9. The maximum absolute atomic E-state index is 12.6. The quantitative estimate of drug-likeness (QED) is 0.132. The number of sulfonamides is 2. The molecule has 0 bridgehead atoms. The number of carbonyl (C=O) groups excluding carboxylic acids is 2. The van der Waals surface area contributed by atoms with E-state index in [0.29, 0.717) is 54.4 Å². The smallest absolute Gasteiger partial charge is 0.490 e. The van der Waals surface area contributed by atoms with Gasteiger partial charge < -0.3 is 9.84 Å². The Morgan fingerprint density at radius 3 is 1.73 bits per heavy atom. The van der Waals surface area contributed by atoms with Crippen molar-refractivity contribution in [2.75, 3.05) is 54.7 Å². The number of benzene rings is 3. The van der Waals surface area contributed by atoms with Crippen LogP contribution < -0.4 is 14.2 Å². The highest BCUT2D eigenvalue weighted by molar-refractivity contribution is 7.92. The lowest BCUT2D eigenvalue weighted by Crippen LogP contribution is -2.32. The van der Waals surface area contributed by atoms with E-state index in [1.165, 1.54) is 4.90 Å². The van der Waals surface area contributed by atoms with Gasteiger partial charge in [0, 0.05) is 31.0 Å². The summed E-state index contributed by atoms with van der Waals surface area (Å²) in [5, 5.41) is 7.12. The number of nitrogens with one attached hydrogen (secondary N) is 2. The Hall–Kier alpha value is -4.68. The lowest BCUT2D eigenvalue weighted by Gasteiger charge is -2.23. The van der Waals surface area contributed by atoms with Crippen molar-refractivity contribution in [3.8, 4) is 5.75 Å². The number of unbranched alkanes of at least 4 members (excludes halogenated alkanes) is 2. The molecule has 3 aromatic carbocycles. The maximum atomic E-state index is 12.6. The lowest BCUT2D eigenvalue weighted by atomic mass is 10.1. The van der Waals surface area contributed by atoms with Crippen LogP contribution in [0.15, 0.2) is 72.8 Å². The molecular formula is C33H39F3N4O9S2. The molecule has 13 nitrogen and oxygen atoms in total. The molecule has 0 atom stereocenters. The molecular weight excluding hydrogens is 718 g/mol. The molecule has 0 unspecified atom stereocenters. The Labute approximate surface area is 294 Å². The Morgan fingerprint density at radius 1 is 0.765 bits per heavy atom. The van der Waals surface area contributed by atoms with Gasteiger partial charge in [-0.3, -0.25) is 28.8 Å². The fourth-order valence-corrected chi connectivity index (χ4v) is 6.05. The molecule has 3 N–H and O–H groups in total. The van der Waals surface area contributed by atoms with Crippen molar-refractivity contribution in [3.63, 3.8) is 0 Å². The second-order valence-electron chi connectivity index (χ2n) is 11.6. The van der Waals surface area contributed by atoms with E-state index in [1.54, 1.807) is 60.7 Å². The van der Waals surface area contributed by atoms with Crippen LogP contribution in [0.25, 0.3) is 0 Å². The van der Waals surface area contributed by atoms with Gasteiger partial charge in [0.2, 0.25) is 20.0 Å². The number of ether oxygens (including phenoxy) is 1. The third-order valence-corrected chi connectivity index (χ3v) is 8.50. The highest BCUT2D eigenvalue weighted by atomic mass is 32.2. The van der Waals surface area contributed by atoms with Crippen LogP contribution in [-0.2, 0) is 31.3 Å². The molecule has 0 saturated heterocycles. The fourth-order valence-electron chi connectivity index (χ4n) is 4.93.